The highest BCUT2D eigenvalue weighted by molar-refractivity contribution is 6.12. The van der Waals surface area contributed by atoms with E-state index in [1.54, 1.807) is 0 Å². The van der Waals surface area contributed by atoms with Crippen molar-refractivity contribution in [2.75, 3.05) is 5.01 Å². The van der Waals surface area contributed by atoms with Gasteiger partial charge in [-0.15, -0.1) is 10.2 Å². The predicted molar refractivity (Wildman–Crippen MR) is 73.3 cm³/mol. The monoisotopic (exact) mass is 282 g/mol. The minimum Gasteiger partial charge on any atom is -0.274 e. The summed E-state index contributed by atoms with van der Waals surface area (Å²) in [7, 11) is 0. The summed E-state index contributed by atoms with van der Waals surface area (Å²) in [6.45, 7) is 1.82. The summed E-state index contributed by atoms with van der Waals surface area (Å²) in [5.74, 6) is 0.252. The van der Waals surface area contributed by atoms with Crippen LogP contribution in [0.25, 0.3) is 16.7 Å². The van der Waals surface area contributed by atoms with Gasteiger partial charge in [0.1, 0.15) is 12.2 Å². The normalized spacial score (nSPS) is 15.2. The van der Waals surface area contributed by atoms with Gasteiger partial charge in [0.2, 0.25) is 17.4 Å². The lowest BCUT2D eigenvalue weighted by Gasteiger charge is -2.15. The molecular weight excluding hydrogens is 272 g/mol. The molecule has 0 radical (unpaired) electrons. The van der Waals surface area contributed by atoms with E-state index in [2.05, 4.69) is 20.6 Å². The van der Waals surface area contributed by atoms with Crippen LogP contribution in [0.4, 0.5) is 5.82 Å². The van der Waals surface area contributed by atoms with Gasteiger partial charge in [-0.05, 0) is 19.1 Å². The van der Waals surface area contributed by atoms with E-state index in [4.69, 9.17) is 0 Å². The van der Waals surface area contributed by atoms with Crippen molar-refractivity contribution in [3.05, 3.63) is 30.1 Å². The Morgan fingerprint density at radius 3 is 2.76 bits per heavy atom. The molecule has 0 bridgehead atoms. The molecule has 1 aromatic carbocycles. The minimum absolute atomic E-state index is 0.187. The van der Waals surface area contributed by atoms with Crippen LogP contribution in [0.2, 0.25) is 0 Å². The molecule has 8 nitrogen and oxygen atoms in total. The zero-order chi connectivity index (χ0) is 14.6. The molecule has 3 aromatic rings. The lowest BCUT2D eigenvalue weighted by Crippen LogP contribution is -2.37. The van der Waals surface area contributed by atoms with Gasteiger partial charge < -0.3 is 0 Å². The summed E-state index contributed by atoms with van der Waals surface area (Å²) in [5, 5.41) is 9.26. The predicted octanol–water partition coefficient (Wildman–Crippen LogP) is 0.354. The number of aromatic nitrogens is 4. The second-order valence-electron chi connectivity index (χ2n) is 4.77. The molecule has 104 valence electrons. The van der Waals surface area contributed by atoms with Crippen LogP contribution < -0.4 is 10.4 Å². The number of nitrogens with zero attached hydrogens (tertiary/aromatic N) is 5. The van der Waals surface area contributed by atoms with E-state index in [0.29, 0.717) is 17.0 Å². The number of anilines is 1. The molecule has 8 heteroatoms. The number of aryl methyl sites for hydroxylation is 1. The molecule has 1 aliphatic rings. The summed E-state index contributed by atoms with van der Waals surface area (Å²) in [6, 6.07) is 7.49. The Morgan fingerprint density at radius 1 is 1.19 bits per heavy atom. The number of amides is 2. The first-order valence-electron chi connectivity index (χ1n) is 6.38. The van der Waals surface area contributed by atoms with Gasteiger partial charge in [-0.2, -0.15) is 5.01 Å². The van der Waals surface area contributed by atoms with Crippen LogP contribution >= 0.6 is 0 Å². The lowest BCUT2D eigenvalue weighted by molar-refractivity contribution is -0.122. The maximum atomic E-state index is 11.9. The number of fused-ring (bicyclic) bond motifs is 3. The van der Waals surface area contributed by atoms with Crippen molar-refractivity contribution in [2.45, 2.75) is 13.3 Å². The molecule has 2 aromatic heterocycles. The fraction of sp³-hybridized carbons (Fsp3) is 0.154. The third kappa shape index (κ3) is 1.59. The van der Waals surface area contributed by atoms with Crippen molar-refractivity contribution in [1.82, 2.24) is 25.0 Å². The Morgan fingerprint density at radius 2 is 2.00 bits per heavy atom. The van der Waals surface area contributed by atoms with Crippen LogP contribution in [-0.2, 0) is 9.59 Å². The second kappa shape index (κ2) is 3.98. The highest BCUT2D eigenvalue weighted by Gasteiger charge is 2.32. The fourth-order valence-electron chi connectivity index (χ4n) is 2.47. The second-order valence-corrected chi connectivity index (χ2v) is 4.77. The van der Waals surface area contributed by atoms with Gasteiger partial charge in [0.15, 0.2) is 0 Å². The van der Waals surface area contributed by atoms with Crippen molar-refractivity contribution in [2.24, 2.45) is 0 Å². The van der Waals surface area contributed by atoms with Crippen LogP contribution in [0, 0.1) is 6.92 Å². The number of para-hydroxylation sites is 2. The van der Waals surface area contributed by atoms with Gasteiger partial charge in [-0.1, -0.05) is 12.1 Å². The molecule has 4 rings (SSSR count). The Hall–Kier alpha value is -3.03. The van der Waals surface area contributed by atoms with E-state index in [9.17, 15) is 9.59 Å². The number of benzene rings is 1. The van der Waals surface area contributed by atoms with Crippen molar-refractivity contribution in [3.8, 4) is 0 Å². The van der Waals surface area contributed by atoms with Gasteiger partial charge in [0, 0.05) is 0 Å². The maximum Gasteiger partial charge on any atom is 0.256 e. The molecule has 0 unspecified atom stereocenters. The molecule has 1 N–H and O–H groups in total. The van der Waals surface area contributed by atoms with Gasteiger partial charge in [0.25, 0.3) is 5.91 Å². The van der Waals surface area contributed by atoms with E-state index in [1.807, 2.05) is 35.6 Å². The maximum absolute atomic E-state index is 11.9. The van der Waals surface area contributed by atoms with Crippen LogP contribution in [0.3, 0.4) is 0 Å². The largest absolute Gasteiger partial charge is 0.274 e. The zero-order valence-corrected chi connectivity index (χ0v) is 11.1. The number of nitrogens with one attached hydrogen (secondary N) is 1. The third-order valence-corrected chi connectivity index (χ3v) is 3.38. The minimum atomic E-state index is -0.357. The van der Waals surface area contributed by atoms with Gasteiger partial charge >= 0.3 is 0 Å². The van der Waals surface area contributed by atoms with E-state index >= 15 is 0 Å². The first-order valence-corrected chi connectivity index (χ1v) is 6.38. The fourth-order valence-corrected chi connectivity index (χ4v) is 2.47. The number of rotatable bonds is 1. The van der Waals surface area contributed by atoms with Crippen LogP contribution in [0.15, 0.2) is 24.3 Å². The summed E-state index contributed by atoms with van der Waals surface area (Å²) >= 11 is 0. The topological polar surface area (TPSA) is 92.5 Å². The van der Waals surface area contributed by atoms with E-state index in [1.165, 1.54) is 0 Å². The average molecular weight is 282 g/mol. The Labute approximate surface area is 118 Å². The molecule has 0 aliphatic carbocycles. The van der Waals surface area contributed by atoms with Crippen molar-refractivity contribution in [3.63, 3.8) is 0 Å². The van der Waals surface area contributed by atoms with Crippen molar-refractivity contribution < 1.29 is 9.59 Å². The molecule has 2 amide bonds. The lowest BCUT2D eigenvalue weighted by atomic mass is 10.3. The summed E-state index contributed by atoms with van der Waals surface area (Å²) in [5.41, 5.74) is 4.46. The van der Waals surface area contributed by atoms with Gasteiger partial charge in [-0.3, -0.25) is 19.4 Å². The molecule has 0 spiro atoms. The van der Waals surface area contributed by atoms with E-state index in [-0.39, 0.29) is 24.1 Å². The highest BCUT2D eigenvalue weighted by Crippen LogP contribution is 2.25. The van der Waals surface area contributed by atoms with Gasteiger partial charge in [0.05, 0.1) is 11.0 Å². The number of hydrogen-bond acceptors (Lipinski definition) is 5. The molecular formula is C13H10N6O2. The Balaban J connectivity index is 2.08. The quantitative estimate of drug-likeness (QED) is 0.650. The SMILES string of the molecule is Cc1nnc2c(N3NC(=O)CC3=O)nc3ccccc3n12. The third-order valence-electron chi connectivity index (χ3n) is 3.38. The van der Waals surface area contributed by atoms with Crippen LogP contribution in [0.1, 0.15) is 12.2 Å². The Kier molecular flexibility index (Phi) is 2.23. The standard InChI is InChI=1S/C13H10N6O2/c1-7-15-16-13-12(19-11(21)6-10(20)17-19)14-8-4-2-3-5-9(8)18(7)13/h2-5H,6H2,1H3,(H,17,20). The van der Waals surface area contributed by atoms with Crippen LogP contribution in [0.5, 0.6) is 0 Å². The highest BCUT2D eigenvalue weighted by atomic mass is 16.2. The first-order chi connectivity index (χ1) is 10.1. The summed E-state index contributed by atoms with van der Waals surface area (Å²) < 4.78 is 1.81. The van der Waals surface area contributed by atoms with Crippen molar-refractivity contribution in [1.29, 1.82) is 0 Å². The molecule has 0 saturated carbocycles. The Bertz CT molecular complexity index is 916. The number of hydrogen-bond donors (Lipinski definition) is 1. The molecule has 0 atom stereocenters. The smallest absolute Gasteiger partial charge is 0.256 e. The number of hydrazine groups is 1. The van der Waals surface area contributed by atoms with Gasteiger partial charge in [-0.25, -0.2) is 4.98 Å². The molecule has 1 saturated heterocycles. The number of carbonyl (C=O) groups excluding carboxylic acids is 2. The van der Waals surface area contributed by atoms with E-state index < -0.39 is 0 Å². The summed E-state index contributed by atoms with van der Waals surface area (Å²) in [6.07, 6.45) is -0.187. The average Bonchev–Trinajstić information content (AvgIpc) is 3.01. The molecule has 21 heavy (non-hydrogen) atoms. The number of carbonyl (C=O) groups is 2. The van der Waals surface area contributed by atoms with Crippen LogP contribution in [-0.4, -0.2) is 31.4 Å². The van der Waals surface area contributed by atoms with E-state index in [0.717, 1.165) is 10.5 Å². The summed E-state index contributed by atoms with van der Waals surface area (Å²) in [4.78, 5) is 27.8. The molecule has 3 heterocycles. The molecule has 1 fully saturated rings. The zero-order valence-electron chi connectivity index (χ0n) is 11.1. The molecule has 1 aliphatic heterocycles. The first kappa shape index (κ1) is 11.8. The van der Waals surface area contributed by atoms with Crippen molar-refractivity contribution >= 4 is 34.3 Å².